The molecule has 15 heteroatoms. The fraction of sp³-hybridized carbons (Fsp3) is 0.800. The monoisotopic (exact) mass is 523 g/mol. The smallest absolute Gasteiger partial charge is 0.469 e. The van der Waals surface area contributed by atoms with Crippen LogP contribution in [0, 0.1) is 5.92 Å². The summed E-state index contributed by atoms with van der Waals surface area (Å²) in [6.07, 6.45) is 3.08. The molecule has 35 heavy (non-hydrogen) atoms. The first-order valence-electron chi connectivity index (χ1n) is 11.6. The number of amides is 3. The van der Waals surface area contributed by atoms with Gasteiger partial charge in [-0.2, -0.15) is 0 Å². The summed E-state index contributed by atoms with van der Waals surface area (Å²) >= 11 is 0. The molecule has 1 heterocycles. The number of nitrogens with one attached hydrogen (secondary N) is 2. The highest BCUT2D eigenvalue weighted by Crippen LogP contribution is 2.35. The maximum Gasteiger partial charge on any atom is 0.469 e. The molecule has 0 aromatic heterocycles. The SMILES string of the molecule is CC[C@H](C)[C@H](NC(=O)[C@@H](N)CCCCN)C(=O)N1CCC[C@H]1C(=O)N[C@@H](COP(=O)(O)O)C(=O)O. The number of nitrogens with two attached hydrogens (primary N) is 2. The summed E-state index contributed by atoms with van der Waals surface area (Å²) in [6, 6.07) is -4.50. The maximum absolute atomic E-state index is 13.4. The van der Waals surface area contributed by atoms with Gasteiger partial charge in [0.25, 0.3) is 0 Å². The molecule has 1 saturated heterocycles. The van der Waals surface area contributed by atoms with Crippen molar-refractivity contribution >= 4 is 31.5 Å². The molecule has 3 amide bonds. The molecule has 0 aromatic rings. The number of carbonyl (C=O) groups is 4. The van der Waals surface area contributed by atoms with Crippen LogP contribution in [0.2, 0.25) is 0 Å². The molecule has 0 radical (unpaired) electrons. The lowest BCUT2D eigenvalue weighted by Gasteiger charge is -2.32. The molecule has 0 saturated carbocycles. The van der Waals surface area contributed by atoms with Gasteiger partial charge in [-0.15, -0.1) is 0 Å². The van der Waals surface area contributed by atoms with Crippen LogP contribution in [-0.2, 0) is 28.3 Å². The lowest BCUT2D eigenvalue weighted by molar-refractivity contribution is -0.146. The molecule has 9 N–H and O–H groups in total. The highest BCUT2D eigenvalue weighted by atomic mass is 31.2. The van der Waals surface area contributed by atoms with Gasteiger partial charge in [0, 0.05) is 6.54 Å². The Morgan fingerprint density at radius 2 is 1.86 bits per heavy atom. The predicted octanol–water partition coefficient (Wildman–Crippen LogP) is -1.36. The van der Waals surface area contributed by atoms with Crippen molar-refractivity contribution in [3.63, 3.8) is 0 Å². The predicted molar refractivity (Wildman–Crippen MR) is 125 cm³/mol. The topological polar surface area (TPSA) is 235 Å². The van der Waals surface area contributed by atoms with Gasteiger partial charge in [0.2, 0.25) is 17.7 Å². The molecule has 14 nitrogen and oxygen atoms in total. The van der Waals surface area contributed by atoms with E-state index in [1.807, 2.05) is 6.92 Å². The lowest BCUT2D eigenvalue weighted by Crippen LogP contribution is -2.58. The normalized spacial score (nSPS) is 19.5. The Balaban J connectivity index is 2.93. The summed E-state index contributed by atoms with van der Waals surface area (Å²) in [4.78, 5) is 69.1. The van der Waals surface area contributed by atoms with Crippen molar-refractivity contribution in [1.29, 1.82) is 0 Å². The third-order valence-corrected chi connectivity index (χ3v) is 6.43. The number of hydrogen-bond donors (Lipinski definition) is 7. The number of aliphatic carboxylic acids is 1. The first-order chi connectivity index (χ1) is 16.3. The number of phosphoric ester groups is 1. The summed E-state index contributed by atoms with van der Waals surface area (Å²) in [5, 5.41) is 14.1. The van der Waals surface area contributed by atoms with Gasteiger partial charge in [-0.05, 0) is 38.1 Å². The molecule has 1 aliphatic heterocycles. The molecule has 1 rings (SSSR count). The number of phosphoric acid groups is 1. The van der Waals surface area contributed by atoms with E-state index in [-0.39, 0.29) is 18.9 Å². The summed E-state index contributed by atoms with van der Waals surface area (Å²) in [7, 11) is -4.95. The van der Waals surface area contributed by atoms with Crippen LogP contribution in [0.1, 0.15) is 52.4 Å². The lowest BCUT2D eigenvalue weighted by atomic mass is 9.96. The number of carboxylic acids is 1. The molecule has 0 spiro atoms. The minimum Gasteiger partial charge on any atom is -0.480 e. The van der Waals surface area contributed by atoms with E-state index >= 15 is 0 Å². The highest BCUT2D eigenvalue weighted by molar-refractivity contribution is 7.46. The van der Waals surface area contributed by atoms with Crippen LogP contribution in [-0.4, -0.2) is 87.3 Å². The van der Waals surface area contributed by atoms with Crippen LogP contribution in [0.25, 0.3) is 0 Å². The average Bonchev–Trinajstić information content (AvgIpc) is 3.28. The minimum atomic E-state index is -4.95. The summed E-state index contributed by atoms with van der Waals surface area (Å²) in [6.45, 7) is 3.38. The third-order valence-electron chi connectivity index (χ3n) is 5.95. The molecule has 202 valence electrons. The Morgan fingerprint density at radius 1 is 1.20 bits per heavy atom. The van der Waals surface area contributed by atoms with Crippen LogP contribution in [0.15, 0.2) is 0 Å². The van der Waals surface area contributed by atoms with Gasteiger partial charge in [0.05, 0.1) is 12.6 Å². The molecule has 1 aliphatic rings. The van der Waals surface area contributed by atoms with Crippen LogP contribution in [0.5, 0.6) is 0 Å². The zero-order valence-corrected chi connectivity index (χ0v) is 21.0. The molecule has 0 bridgehead atoms. The first-order valence-corrected chi connectivity index (χ1v) is 13.1. The number of unbranched alkanes of at least 4 members (excludes halogenated alkanes) is 1. The van der Waals surface area contributed by atoms with Crippen LogP contribution < -0.4 is 22.1 Å². The number of nitrogens with zero attached hydrogens (tertiary/aromatic N) is 1. The van der Waals surface area contributed by atoms with E-state index in [2.05, 4.69) is 15.2 Å². The second kappa shape index (κ2) is 14.5. The van der Waals surface area contributed by atoms with Crippen molar-refractivity contribution in [3.8, 4) is 0 Å². The summed E-state index contributed by atoms with van der Waals surface area (Å²) in [5.74, 6) is -3.60. The molecule has 0 aromatic carbocycles. The van der Waals surface area contributed by atoms with Crippen molar-refractivity contribution in [2.24, 2.45) is 17.4 Å². The quantitative estimate of drug-likeness (QED) is 0.0978. The Labute approximate surface area is 204 Å². The highest BCUT2D eigenvalue weighted by Gasteiger charge is 2.40. The van der Waals surface area contributed by atoms with Gasteiger partial charge in [0.1, 0.15) is 12.1 Å². The Bertz CT molecular complexity index is 793. The van der Waals surface area contributed by atoms with Crippen molar-refractivity contribution in [1.82, 2.24) is 15.5 Å². The van der Waals surface area contributed by atoms with E-state index in [9.17, 15) is 28.8 Å². The van der Waals surface area contributed by atoms with Crippen molar-refractivity contribution in [2.75, 3.05) is 19.7 Å². The van der Waals surface area contributed by atoms with Gasteiger partial charge in [-0.25, -0.2) is 9.36 Å². The van der Waals surface area contributed by atoms with E-state index in [0.717, 1.165) is 6.42 Å². The summed E-state index contributed by atoms with van der Waals surface area (Å²) in [5.41, 5.74) is 11.4. The van der Waals surface area contributed by atoms with Crippen LogP contribution in [0.3, 0.4) is 0 Å². The fourth-order valence-electron chi connectivity index (χ4n) is 3.68. The van der Waals surface area contributed by atoms with Gasteiger partial charge >= 0.3 is 13.8 Å². The molecular formula is C20H38N5O9P. The fourth-order valence-corrected chi connectivity index (χ4v) is 4.02. The van der Waals surface area contributed by atoms with E-state index in [1.54, 1.807) is 6.92 Å². The standard InChI is InChI=1S/C20H38N5O9P/c1-3-12(2)16(24-17(26)13(22)7-4-5-9-21)19(28)25-10-6-8-15(25)18(27)23-14(20(29)30)11-34-35(31,32)33/h12-16H,3-11,21-22H2,1-2H3,(H,23,27)(H,24,26)(H,29,30)(H2,31,32,33)/t12-,13-,14-,15-,16-/m0/s1. The number of likely N-dealkylation sites (tertiary alicyclic amines) is 1. The van der Waals surface area contributed by atoms with Crippen molar-refractivity contribution < 1.29 is 43.2 Å². The summed E-state index contributed by atoms with van der Waals surface area (Å²) < 4.78 is 15.1. The molecular weight excluding hydrogens is 485 g/mol. The Kier molecular flexibility index (Phi) is 12.8. The number of rotatable bonds is 15. The second-order valence-electron chi connectivity index (χ2n) is 8.64. The Morgan fingerprint density at radius 3 is 2.40 bits per heavy atom. The zero-order valence-electron chi connectivity index (χ0n) is 20.1. The molecule has 0 unspecified atom stereocenters. The number of hydrogen-bond acceptors (Lipinski definition) is 8. The first kappa shape index (κ1) is 30.9. The van der Waals surface area contributed by atoms with E-state index in [1.165, 1.54) is 4.90 Å². The second-order valence-corrected chi connectivity index (χ2v) is 9.88. The van der Waals surface area contributed by atoms with E-state index in [4.69, 9.17) is 21.3 Å². The minimum absolute atomic E-state index is 0.221. The van der Waals surface area contributed by atoms with Crippen molar-refractivity contribution in [3.05, 3.63) is 0 Å². The largest absolute Gasteiger partial charge is 0.480 e. The number of carboxylic acid groups (broad SMARTS) is 1. The Hall–Kier alpha value is -2.09. The van der Waals surface area contributed by atoms with Crippen LogP contribution >= 0.6 is 7.82 Å². The van der Waals surface area contributed by atoms with E-state index in [0.29, 0.717) is 32.2 Å². The van der Waals surface area contributed by atoms with Crippen LogP contribution in [0.4, 0.5) is 0 Å². The molecule has 0 aliphatic carbocycles. The molecule has 1 fully saturated rings. The van der Waals surface area contributed by atoms with Crippen molar-refractivity contribution in [2.45, 2.75) is 76.5 Å². The van der Waals surface area contributed by atoms with Gasteiger partial charge < -0.3 is 41.9 Å². The maximum atomic E-state index is 13.4. The van der Waals surface area contributed by atoms with Gasteiger partial charge in [-0.3, -0.25) is 18.9 Å². The zero-order chi connectivity index (χ0) is 26.8. The average molecular weight is 524 g/mol. The third kappa shape index (κ3) is 10.2. The number of carbonyl (C=O) groups excluding carboxylic acids is 3. The molecule has 5 atom stereocenters. The van der Waals surface area contributed by atoms with Gasteiger partial charge in [0.15, 0.2) is 6.04 Å². The van der Waals surface area contributed by atoms with E-state index < -0.39 is 62.3 Å². The van der Waals surface area contributed by atoms with Gasteiger partial charge in [-0.1, -0.05) is 26.7 Å².